The van der Waals surface area contributed by atoms with Crippen LogP contribution in [0.1, 0.15) is 28.8 Å². The molecule has 4 rings (SSSR count). The van der Waals surface area contributed by atoms with Gasteiger partial charge in [0.15, 0.2) is 0 Å². The first-order valence-corrected chi connectivity index (χ1v) is 14.2. The van der Waals surface area contributed by atoms with Gasteiger partial charge in [0.25, 0.3) is 10.0 Å². The summed E-state index contributed by atoms with van der Waals surface area (Å²) in [6.07, 6.45) is -2.96. The number of carboxylic acids is 2. The molecule has 0 radical (unpaired) electrons. The summed E-state index contributed by atoms with van der Waals surface area (Å²) in [7, 11) is -3.90. The molecule has 1 amide bonds. The Morgan fingerprint density at radius 3 is 1.98 bits per heavy atom. The molecular weight excluding hydrogens is 569 g/mol. The van der Waals surface area contributed by atoms with Crippen molar-refractivity contribution in [1.29, 1.82) is 0 Å². The van der Waals surface area contributed by atoms with Crippen molar-refractivity contribution in [2.45, 2.75) is 30.8 Å². The maximum absolute atomic E-state index is 13.0. The van der Waals surface area contributed by atoms with E-state index >= 15 is 0 Å². The van der Waals surface area contributed by atoms with Crippen LogP contribution in [0.5, 0.6) is 0 Å². The average Bonchev–Trinajstić information content (AvgIpc) is 3.44. The topological polar surface area (TPSA) is 148 Å². The van der Waals surface area contributed by atoms with Crippen LogP contribution in [0.4, 0.5) is 24.5 Å². The molecule has 0 aliphatic carbocycles. The lowest BCUT2D eigenvalue weighted by molar-refractivity contribution is -0.192. The predicted molar refractivity (Wildman–Crippen MR) is 144 cm³/mol. The molecule has 2 heterocycles. The van der Waals surface area contributed by atoms with Crippen LogP contribution in [-0.2, 0) is 19.6 Å². The minimum Gasteiger partial charge on any atom is -0.478 e. The number of alkyl halides is 3. The van der Waals surface area contributed by atoms with Gasteiger partial charge >= 0.3 is 18.1 Å². The second-order valence-corrected chi connectivity index (χ2v) is 11.3. The molecule has 11 nitrogen and oxygen atoms in total. The number of benzene rings is 2. The van der Waals surface area contributed by atoms with Crippen LogP contribution in [0.25, 0.3) is 0 Å². The maximum Gasteiger partial charge on any atom is 0.490 e. The number of hydrogen-bond acceptors (Lipinski definition) is 7. The minimum absolute atomic E-state index is 0.000187. The van der Waals surface area contributed by atoms with Crippen LogP contribution in [-0.4, -0.2) is 98.3 Å². The van der Waals surface area contributed by atoms with Gasteiger partial charge in [-0.25, -0.2) is 18.0 Å². The van der Waals surface area contributed by atoms with Gasteiger partial charge < -0.3 is 20.0 Å². The second kappa shape index (κ2) is 13.2. The van der Waals surface area contributed by atoms with Crippen LogP contribution < -0.4 is 9.62 Å². The summed E-state index contributed by atoms with van der Waals surface area (Å²) in [5.41, 5.74) is 1.78. The molecule has 0 spiro atoms. The third-order valence-corrected chi connectivity index (χ3v) is 7.97. The van der Waals surface area contributed by atoms with E-state index in [2.05, 4.69) is 9.62 Å². The molecule has 41 heavy (non-hydrogen) atoms. The monoisotopic (exact) mass is 600 g/mol. The lowest BCUT2D eigenvalue weighted by Crippen LogP contribution is -2.50. The Bertz CT molecular complexity index is 1350. The number of aromatic carboxylic acids is 1. The van der Waals surface area contributed by atoms with Crippen molar-refractivity contribution in [3.63, 3.8) is 0 Å². The SMILES string of the molecule is Cc1ccc(S(=O)(=O)Nc2cc(C(=O)O)ccc2N2CCN(CC(=O)N3CCCC3)CC2)cc1.O=C(O)C(F)(F)F. The Balaban J connectivity index is 0.000000587. The molecule has 0 aromatic heterocycles. The third kappa shape index (κ3) is 8.82. The zero-order chi connectivity index (χ0) is 30.4. The molecule has 0 bridgehead atoms. The van der Waals surface area contributed by atoms with Gasteiger partial charge in [-0.2, -0.15) is 13.2 Å². The summed E-state index contributed by atoms with van der Waals surface area (Å²) in [6, 6.07) is 10.9. The van der Waals surface area contributed by atoms with Crippen molar-refractivity contribution in [2.24, 2.45) is 0 Å². The number of carboxylic acid groups (broad SMARTS) is 2. The lowest BCUT2D eigenvalue weighted by Gasteiger charge is -2.37. The van der Waals surface area contributed by atoms with Gasteiger partial charge in [0.2, 0.25) is 5.91 Å². The molecule has 2 aliphatic heterocycles. The molecule has 2 aromatic rings. The fraction of sp³-hybridized carbons (Fsp3) is 0.423. The van der Waals surface area contributed by atoms with E-state index in [4.69, 9.17) is 9.90 Å². The van der Waals surface area contributed by atoms with E-state index < -0.39 is 28.1 Å². The standard InChI is InChI=1S/C24H30N4O5S.C2HF3O2/c1-18-4-7-20(8-5-18)34(32,33)25-21-16-19(24(30)31)6-9-22(21)27-14-12-26(13-15-27)17-23(29)28-10-2-3-11-28;3-2(4,5)1(6)7/h4-9,16,25H,2-3,10-15,17H2,1H3,(H,30,31);(H,6,7). The molecule has 3 N–H and O–H groups in total. The molecule has 2 aromatic carbocycles. The van der Waals surface area contributed by atoms with Crippen LogP contribution in [0.2, 0.25) is 0 Å². The number of sulfonamides is 1. The smallest absolute Gasteiger partial charge is 0.478 e. The van der Waals surface area contributed by atoms with Crippen molar-refractivity contribution in [3.05, 3.63) is 53.6 Å². The molecule has 2 saturated heterocycles. The Hall–Kier alpha value is -3.85. The van der Waals surface area contributed by atoms with Gasteiger partial charge in [0.1, 0.15) is 0 Å². The van der Waals surface area contributed by atoms with Crippen molar-refractivity contribution in [1.82, 2.24) is 9.80 Å². The van der Waals surface area contributed by atoms with E-state index in [9.17, 15) is 36.3 Å². The number of nitrogens with one attached hydrogen (secondary N) is 1. The van der Waals surface area contributed by atoms with E-state index in [1.807, 2.05) is 16.7 Å². The Morgan fingerprint density at radius 2 is 1.46 bits per heavy atom. The van der Waals surface area contributed by atoms with Crippen molar-refractivity contribution in [2.75, 3.05) is 55.4 Å². The molecule has 0 unspecified atom stereocenters. The molecule has 0 atom stereocenters. The molecule has 2 fully saturated rings. The van der Waals surface area contributed by atoms with Gasteiger partial charge in [0, 0.05) is 39.3 Å². The summed E-state index contributed by atoms with van der Waals surface area (Å²) in [6.45, 7) is 6.43. The van der Waals surface area contributed by atoms with Gasteiger partial charge in [-0.1, -0.05) is 17.7 Å². The summed E-state index contributed by atoms with van der Waals surface area (Å²) in [4.78, 5) is 39.1. The van der Waals surface area contributed by atoms with Gasteiger partial charge in [0.05, 0.1) is 28.4 Å². The van der Waals surface area contributed by atoms with Gasteiger partial charge in [-0.3, -0.25) is 14.4 Å². The van der Waals surface area contributed by atoms with Crippen LogP contribution in [0, 0.1) is 6.92 Å². The Morgan fingerprint density at radius 1 is 0.902 bits per heavy atom. The van der Waals surface area contributed by atoms with Crippen molar-refractivity contribution in [3.8, 4) is 0 Å². The number of carbonyl (C=O) groups excluding carboxylic acids is 1. The third-order valence-electron chi connectivity index (χ3n) is 6.59. The largest absolute Gasteiger partial charge is 0.490 e. The highest BCUT2D eigenvalue weighted by molar-refractivity contribution is 7.92. The molecule has 224 valence electrons. The molecule has 2 aliphatic rings. The molecular formula is C26H31F3N4O7S. The fourth-order valence-electron chi connectivity index (χ4n) is 4.35. The number of nitrogens with zero attached hydrogens (tertiary/aromatic N) is 3. The van der Waals surface area contributed by atoms with Crippen LogP contribution in [0.3, 0.4) is 0 Å². The maximum atomic E-state index is 13.0. The fourth-order valence-corrected chi connectivity index (χ4v) is 5.42. The Kier molecular flexibility index (Phi) is 10.2. The first kappa shape index (κ1) is 31.7. The highest BCUT2D eigenvalue weighted by atomic mass is 32.2. The number of aryl methyl sites for hydroxylation is 1. The van der Waals surface area contributed by atoms with Crippen molar-refractivity contribution >= 4 is 39.2 Å². The number of anilines is 2. The van der Waals surface area contributed by atoms with E-state index in [-0.39, 0.29) is 22.1 Å². The summed E-state index contributed by atoms with van der Waals surface area (Å²) < 4.78 is 60.3. The highest BCUT2D eigenvalue weighted by Crippen LogP contribution is 2.30. The quantitative estimate of drug-likeness (QED) is 0.436. The summed E-state index contributed by atoms with van der Waals surface area (Å²) in [5.74, 6) is -3.73. The number of likely N-dealkylation sites (tertiary alicyclic amines) is 1. The number of rotatable bonds is 7. The van der Waals surface area contributed by atoms with E-state index in [1.165, 1.54) is 24.3 Å². The van der Waals surface area contributed by atoms with Gasteiger partial charge in [-0.05, 0) is 50.1 Å². The molecule has 15 heteroatoms. The number of amides is 1. The normalized spacial score (nSPS) is 16.1. The van der Waals surface area contributed by atoms with Gasteiger partial charge in [-0.15, -0.1) is 0 Å². The number of halogens is 3. The minimum atomic E-state index is -5.08. The highest BCUT2D eigenvalue weighted by Gasteiger charge is 2.38. The first-order chi connectivity index (χ1) is 19.2. The summed E-state index contributed by atoms with van der Waals surface area (Å²) in [5, 5.41) is 16.6. The molecule has 0 saturated carbocycles. The number of piperazine rings is 1. The Labute approximate surface area is 235 Å². The predicted octanol–water partition coefficient (Wildman–Crippen LogP) is 2.87. The number of carbonyl (C=O) groups is 3. The van der Waals surface area contributed by atoms with E-state index in [0.717, 1.165) is 31.5 Å². The zero-order valence-corrected chi connectivity index (χ0v) is 23.0. The van der Waals surface area contributed by atoms with Crippen molar-refractivity contribution < 1.29 is 46.2 Å². The number of aliphatic carboxylic acids is 1. The second-order valence-electron chi connectivity index (χ2n) is 9.61. The van der Waals surface area contributed by atoms with E-state index in [1.54, 1.807) is 18.2 Å². The number of hydrogen-bond donors (Lipinski definition) is 3. The zero-order valence-electron chi connectivity index (χ0n) is 22.2. The van der Waals surface area contributed by atoms with E-state index in [0.29, 0.717) is 38.4 Å². The average molecular weight is 601 g/mol. The van der Waals surface area contributed by atoms with Crippen LogP contribution >= 0.6 is 0 Å². The summed E-state index contributed by atoms with van der Waals surface area (Å²) >= 11 is 0. The van der Waals surface area contributed by atoms with Crippen LogP contribution in [0.15, 0.2) is 47.4 Å². The lowest BCUT2D eigenvalue weighted by atomic mass is 10.1. The first-order valence-electron chi connectivity index (χ1n) is 12.7.